The van der Waals surface area contributed by atoms with E-state index in [-0.39, 0.29) is 11.3 Å². The minimum absolute atomic E-state index is 0.0896. The van der Waals surface area contributed by atoms with E-state index >= 15 is 0 Å². The van der Waals surface area contributed by atoms with Gasteiger partial charge >= 0.3 is 6.03 Å². The van der Waals surface area contributed by atoms with Gasteiger partial charge < -0.3 is 16.4 Å². The summed E-state index contributed by atoms with van der Waals surface area (Å²) in [5, 5.41) is 21.4. The summed E-state index contributed by atoms with van der Waals surface area (Å²) < 4.78 is 14.1. The van der Waals surface area contributed by atoms with Crippen LogP contribution < -0.4 is 16.4 Å². The van der Waals surface area contributed by atoms with Gasteiger partial charge in [0.2, 0.25) is 0 Å². The molecule has 0 radical (unpaired) electrons. The van der Waals surface area contributed by atoms with E-state index in [1.54, 1.807) is 18.2 Å². The van der Waals surface area contributed by atoms with E-state index in [9.17, 15) is 9.18 Å². The number of H-pyrrole nitrogens is 1. The van der Waals surface area contributed by atoms with Crippen LogP contribution in [0.1, 0.15) is 5.56 Å². The van der Waals surface area contributed by atoms with Gasteiger partial charge in [-0.15, -0.1) is 0 Å². The largest absolute Gasteiger partial charge is 0.382 e. The van der Waals surface area contributed by atoms with Crippen LogP contribution >= 0.6 is 0 Å². The Kier molecular flexibility index (Phi) is 4.50. The molecule has 5 N–H and O–H groups in total. The molecule has 2 aromatic heterocycles. The van der Waals surface area contributed by atoms with Crippen molar-refractivity contribution in [1.29, 1.82) is 5.26 Å². The number of aromatic amines is 1. The van der Waals surface area contributed by atoms with Gasteiger partial charge in [-0.2, -0.15) is 10.4 Å². The van der Waals surface area contributed by atoms with Crippen LogP contribution in [0.4, 0.5) is 26.4 Å². The number of nitrogens with one attached hydrogen (secondary N) is 3. The first-order valence-corrected chi connectivity index (χ1v) is 8.52. The number of nitrogen functional groups attached to an aromatic ring is 1. The Morgan fingerprint density at radius 3 is 2.72 bits per heavy atom. The average Bonchev–Trinajstić information content (AvgIpc) is 3.11. The lowest BCUT2D eigenvalue weighted by atomic mass is 10.1. The van der Waals surface area contributed by atoms with E-state index < -0.39 is 11.8 Å². The summed E-state index contributed by atoms with van der Waals surface area (Å²) in [6.07, 6.45) is 1.48. The minimum atomic E-state index is -0.788. The van der Waals surface area contributed by atoms with Gasteiger partial charge in [0.15, 0.2) is 11.6 Å². The summed E-state index contributed by atoms with van der Waals surface area (Å²) in [5.74, 6) is -0.412. The summed E-state index contributed by atoms with van der Waals surface area (Å²) in [6.45, 7) is 0. The number of carbonyl (C=O) groups excluding carboxylic acids is 1. The third-order valence-electron chi connectivity index (χ3n) is 4.28. The van der Waals surface area contributed by atoms with E-state index in [0.29, 0.717) is 17.2 Å². The second-order valence-electron chi connectivity index (χ2n) is 6.13. The van der Waals surface area contributed by atoms with E-state index in [4.69, 9.17) is 11.0 Å². The van der Waals surface area contributed by atoms with Crippen molar-refractivity contribution in [2.75, 3.05) is 16.4 Å². The number of carbonyl (C=O) groups is 1. The molecule has 142 valence electrons. The maximum Gasteiger partial charge on any atom is 0.323 e. The number of amides is 2. The fourth-order valence-electron chi connectivity index (χ4n) is 2.94. The number of benzene rings is 2. The van der Waals surface area contributed by atoms with Crippen molar-refractivity contribution in [3.05, 3.63) is 66.1 Å². The lowest BCUT2D eigenvalue weighted by Crippen LogP contribution is -2.20. The number of nitriles is 1. The van der Waals surface area contributed by atoms with Gasteiger partial charge in [0.25, 0.3) is 0 Å². The zero-order valence-electron chi connectivity index (χ0n) is 14.9. The first-order chi connectivity index (χ1) is 14.1. The molecule has 4 rings (SSSR count). The lowest BCUT2D eigenvalue weighted by molar-refractivity contribution is 0.262. The number of urea groups is 1. The molecule has 0 aliphatic rings. The third kappa shape index (κ3) is 3.42. The maximum absolute atomic E-state index is 14.1. The van der Waals surface area contributed by atoms with Crippen molar-refractivity contribution >= 4 is 34.1 Å². The Balaban J connectivity index is 1.52. The highest BCUT2D eigenvalue weighted by atomic mass is 19.1. The van der Waals surface area contributed by atoms with Gasteiger partial charge in [0.05, 0.1) is 39.7 Å². The second-order valence-corrected chi connectivity index (χ2v) is 6.13. The molecule has 29 heavy (non-hydrogen) atoms. The predicted molar refractivity (Wildman–Crippen MR) is 107 cm³/mol. The zero-order chi connectivity index (χ0) is 20.4. The van der Waals surface area contributed by atoms with Crippen LogP contribution in [0.5, 0.6) is 0 Å². The van der Waals surface area contributed by atoms with E-state index in [1.807, 2.05) is 18.2 Å². The number of nitrogens with zero attached hydrogens (tertiary/aromatic N) is 3. The molecule has 0 spiro atoms. The van der Waals surface area contributed by atoms with Crippen molar-refractivity contribution in [1.82, 2.24) is 15.2 Å². The smallest absolute Gasteiger partial charge is 0.323 e. The van der Waals surface area contributed by atoms with Crippen LogP contribution in [-0.4, -0.2) is 21.2 Å². The number of halogens is 1. The molecule has 2 heterocycles. The Morgan fingerprint density at radius 2 is 1.97 bits per heavy atom. The van der Waals surface area contributed by atoms with Crippen molar-refractivity contribution in [3.8, 4) is 17.3 Å². The summed E-state index contributed by atoms with van der Waals surface area (Å²) in [5.41, 5.74) is 8.36. The molecule has 0 atom stereocenters. The number of aromatic nitrogens is 3. The quantitative estimate of drug-likeness (QED) is 0.424. The molecule has 8 nitrogen and oxygen atoms in total. The standard InChI is InChI=1S/C20H14FN7O/c21-18-11(9-22)3-1-6-16(18)26-20(29)25-12-7-8-14(24-10-12)13-4-2-5-15-17(13)19(23)28-27-15/h1-8,10H,(H3,23,27,28)(H2,25,26,29). The first-order valence-electron chi connectivity index (χ1n) is 8.52. The van der Waals surface area contributed by atoms with Crippen LogP contribution in [0.2, 0.25) is 0 Å². The molecule has 4 aromatic rings. The molecule has 0 saturated heterocycles. The fourth-order valence-corrected chi connectivity index (χ4v) is 2.94. The van der Waals surface area contributed by atoms with Gasteiger partial charge in [0.1, 0.15) is 6.07 Å². The average molecular weight is 387 g/mol. The Bertz CT molecular complexity index is 1260. The number of hydrogen-bond acceptors (Lipinski definition) is 5. The van der Waals surface area contributed by atoms with Crippen molar-refractivity contribution < 1.29 is 9.18 Å². The topological polar surface area (TPSA) is 133 Å². The summed E-state index contributed by atoms with van der Waals surface area (Å²) in [4.78, 5) is 16.5. The van der Waals surface area contributed by atoms with Crippen molar-refractivity contribution in [2.24, 2.45) is 0 Å². The monoisotopic (exact) mass is 387 g/mol. The highest BCUT2D eigenvalue weighted by Gasteiger charge is 2.12. The molecule has 0 saturated carbocycles. The van der Waals surface area contributed by atoms with Crippen LogP contribution in [-0.2, 0) is 0 Å². The Hall–Kier alpha value is -4.45. The van der Waals surface area contributed by atoms with Crippen LogP contribution in [0.3, 0.4) is 0 Å². The number of pyridine rings is 1. The Labute approximate surface area is 164 Å². The number of anilines is 3. The normalized spacial score (nSPS) is 10.5. The van der Waals surface area contributed by atoms with Crippen LogP contribution in [0, 0.1) is 17.1 Å². The highest BCUT2D eigenvalue weighted by Crippen LogP contribution is 2.30. The van der Waals surface area contributed by atoms with Gasteiger partial charge in [-0.25, -0.2) is 9.18 Å². The maximum atomic E-state index is 14.1. The molecule has 0 aliphatic heterocycles. The van der Waals surface area contributed by atoms with Gasteiger partial charge in [-0.05, 0) is 30.3 Å². The zero-order valence-corrected chi connectivity index (χ0v) is 14.9. The molecule has 0 fully saturated rings. The van der Waals surface area contributed by atoms with Gasteiger partial charge in [-0.1, -0.05) is 18.2 Å². The van der Waals surface area contributed by atoms with E-state index in [1.165, 1.54) is 24.4 Å². The number of rotatable bonds is 3. The molecule has 9 heteroatoms. The predicted octanol–water partition coefficient (Wildman–Crippen LogP) is 3.86. The molecule has 0 bridgehead atoms. The summed E-state index contributed by atoms with van der Waals surface area (Å²) in [7, 11) is 0. The first kappa shape index (κ1) is 17.9. The number of nitrogens with two attached hydrogens (primary N) is 1. The third-order valence-corrected chi connectivity index (χ3v) is 4.28. The highest BCUT2D eigenvalue weighted by molar-refractivity contribution is 6.02. The number of hydrogen-bond donors (Lipinski definition) is 4. The van der Waals surface area contributed by atoms with Crippen LogP contribution in [0.15, 0.2) is 54.7 Å². The molecule has 0 aliphatic carbocycles. The SMILES string of the molecule is N#Cc1cccc(NC(=O)Nc2ccc(-c3cccc4[nH]nc(N)c34)nc2)c1F. The van der Waals surface area contributed by atoms with Crippen molar-refractivity contribution in [2.45, 2.75) is 0 Å². The summed E-state index contributed by atoms with van der Waals surface area (Å²) in [6, 6.07) is 14.2. The molecular formula is C20H14FN7O. The van der Waals surface area contributed by atoms with Crippen molar-refractivity contribution in [3.63, 3.8) is 0 Å². The van der Waals surface area contributed by atoms with E-state index in [0.717, 1.165) is 16.5 Å². The van der Waals surface area contributed by atoms with Crippen LogP contribution in [0.25, 0.3) is 22.2 Å². The molecular weight excluding hydrogens is 373 g/mol. The second kappa shape index (κ2) is 7.28. The van der Waals surface area contributed by atoms with Gasteiger partial charge in [0, 0.05) is 5.56 Å². The molecule has 2 amide bonds. The molecule has 2 aromatic carbocycles. The molecule has 0 unspecified atom stereocenters. The summed E-state index contributed by atoms with van der Waals surface area (Å²) >= 11 is 0. The fraction of sp³-hybridized carbons (Fsp3) is 0. The van der Waals surface area contributed by atoms with E-state index in [2.05, 4.69) is 25.8 Å². The number of fused-ring (bicyclic) bond motifs is 1. The lowest BCUT2D eigenvalue weighted by Gasteiger charge is -2.09. The Morgan fingerprint density at radius 1 is 1.14 bits per heavy atom. The van der Waals surface area contributed by atoms with Gasteiger partial charge in [-0.3, -0.25) is 10.1 Å². The minimum Gasteiger partial charge on any atom is -0.382 e.